The third kappa shape index (κ3) is 3.44. The van der Waals surface area contributed by atoms with E-state index in [0.29, 0.717) is 5.69 Å². The summed E-state index contributed by atoms with van der Waals surface area (Å²) in [4.78, 5) is 0.160. The van der Waals surface area contributed by atoms with Crippen LogP contribution in [0.2, 0.25) is 0 Å². The first-order chi connectivity index (χ1) is 8.27. The minimum absolute atomic E-state index is 0.0580. The van der Waals surface area contributed by atoms with E-state index in [1.165, 1.54) is 6.07 Å². The molecular formula is C12H20N2O3S. The van der Waals surface area contributed by atoms with E-state index in [4.69, 9.17) is 10.8 Å². The Morgan fingerprint density at radius 3 is 2.50 bits per heavy atom. The maximum atomic E-state index is 12.0. The Morgan fingerprint density at radius 2 is 2.00 bits per heavy atom. The molecule has 5 nitrogen and oxygen atoms in total. The molecule has 0 amide bonds. The van der Waals surface area contributed by atoms with E-state index in [1.807, 2.05) is 13.8 Å². The molecule has 0 saturated heterocycles. The molecule has 1 atom stereocenters. The number of nitrogen functional groups attached to an aromatic ring is 1. The Morgan fingerprint density at radius 1 is 1.39 bits per heavy atom. The zero-order chi connectivity index (χ0) is 13.9. The van der Waals surface area contributed by atoms with Crippen LogP contribution < -0.4 is 10.5 Å². The first kappa shape index (κ1) is 14.9. The molecule has 0 heterocycles. The van der Waals surface area contributed by atoms with Gasteiger partial charge in [0, 0.05) is 18.8 Å². The summed E-state index contributed by atoms with van der Waals surface area (Å²) in [5.41, 5.74) is 7.96. The third-order valence-electron chi connectivity index (χ3n) is 2.92. The second kappa shape index (κ2) is 5.69. The third-order valence-corrected chi connectivity index (χ3v) is 4.33. The quantitative estimate of drug-likeness (QED) is 0.691. The number of sulfonamides is 1. The SMILES string of the molecule is Cc1cc(S(=O)(=O)NCC(C)CO)cc(N)c1C. The highest BCUT2D eigenvalue weighted by Crippen LogP contribution is 2.21. The van der Waals surface area contributed by atoms with Crippen LogP contribution in [0.5, 0.6) is 0 Å². The lowest BCUT2D eigenvalue weighted by Crippen LogP contribution is -2.29. The number of nitrogens with two attached hydrogens (primary N) is 1. The smallest absolute Gasteiger partial charge is 0.240 e. The number of hydrogen-bond acceptors (Lipinski definition) is 4. The maximum Gasteiger partial charge on any atom is 0.240 e. The second-order valence-electron chi connectivity index (χ2n) is 4.59. The molecule has 0 aliphatic heterocycles. The number of anilines is 1. The van der Waals surface area contributed by atoms with Crippen molar-refractivity contribution in [2.24, 2.45) is 5.92 Å². The standard InChI is InChI=1S/C12H20N2O3S/c1-8(7-15)6-14-18(16,17)11-4-9(2)10(3)12(13)5-11/h4-5,8,14-15H,6-7,13H2,1-3H3. The zero-order valence-electron chi connectivity index (χ0n) is 10.9. The highest BCUT2D eigenvalue weighted by atomic mass is 32.2. The fourth-order valence-electron chi connectivity index (χ4n) is 1.41. The normalized spacial score (nSPS) is 13.6. The molecule has 4 N–H and O–H groups in total. The maximum absolute atomic E-state index is 12.0. The fourth-order valence-corrected chi connectivity index (χ4v) is 2.69. The molecule has 1 rings (SSSR count). The Balaban J connectivity index is 2.99. The van der Waals surface area contributed by atoms with Gasteiger partial charge in [-0.25, -0.2) is 13.1 Å². The summed E-state index contributed by atoms with van der Waals surface area (Å²) in [5, 5.41) is 8.87. The van der Waals surface area contributed by atoms with Crippen LogP contribution in [-0.2, 0) is 10.0 Å². The summed E-state index contributed by atoms with van der Waals surface area (Å²) in [7, 11) is -3.57. The second-order valence-corrected chi connectivity index (χ2v) is 6.36. The number of nitrogens with one attached hydrogen (secondary N) is 1. The first-order valence-electron chi connectivity index (χ1n) is 5.75. The fraction of sp³-hybridized carbons (Fsp3) is 0.500. The van der Waals surface area contributed by atoms with Gasteiger partial charge >= 0.3 is 0 Å². The van der Waals surface area contributed by atoms with Crippen molar-refractivity contribution < 1.29 is 13.5 Å². The van der Waals surface area contributed by atoms with Gasteiger partial charge in [-0.2, -0.15) is 0 Å². The molecule has 0 aromatic heterocycles. The van der Waals surface area contributed by atoms with E-state index in [1.54, 1.807) is 13.0 Å². The predicted octanol–water partition coefficient (Wildman–Crippen LogP) is 0.792. The molecule has 0 aliphatic carbocycles. The van der Waals surface area contributed by atoms with Gasteiger partial charge in [0.25, 0.3) is 0 Å². The zero-order valence-corrected chi connectivity index (χ0v) is 11.7. The Kier molecular flexibility index (Phi) is 4.72. The molecule has 0 saturated carbocycles. The summed E-state index contributed by atoms with van der Waals surface area (Å²) in [6.07, 6.45) is 0. The lowest BCUT2D eigenvalue weighted by molar-refractivity contribution is 0.238. The summed E-state index contributed by atoms with van der Waals surface area (Å²) in [6, 6.07) is 3.05. The van der Waals surface area contributed by atoms with Crippen LogP contribution in [0, 0.1) is 19.8 Å². The number of rotatable bonds is 5. The predicted molar refractivity (Wildman–Crippen MR) is 71.8 cm³/mol. The molecule has 0 aliphatic rings. The molecule has 0 spiro atoms. The highest BCUT2D eigenvalue weighted by molar-refractivity contribution is 7.89. The number of aryl methyl sites for hydroxylation is 1. The highest BCUT2D eigenvalue weighted by Gasteiger charge is 2.16. The summed E-state index contributed by atoms with van der Waals surface area (Å²) >= 11 is 0. The average molecular weight is 272 g/mol. The molecule has 1 aromatic carbocycles. The molecule has 102 valence electrons. The van der Waals surface area contributed by atoms with Crippen molar-refractivity contribution in [1.82, 2.24) is 4.72 Å². The Bertz CT molecular complexity index is 503. The van der Waals surface area contributed by atoms with Gasteiger partial charge in [0.1, 0.15) is 0 Å². The molecule has 1 unspecified atom stereocenters. The summed E-state index contributed by atoms with van der Waals surface area (Å²) in [5.74, 6) is -0.122. The number of aliphatic hydroxyl groups excluding tert-OH is 1. The van der Waals surface area contributed by atoms with Gasteiger partial charge in [0.2, 0.25) is 10.0 Å². The van der Waals surface area contributed by atoms with E-state index in [9.17, 15) is 8.42 Å². The van der Waals surface area contributed by atoms with Crippen LogP contribution in [0.4, 0.5) is 5.69 Å². The van der Waals surface area contributed by atoms with Gasteiger partial charge in [-0.15, -0.1) is 0 Å². The van der Waals surface area contributed by atoms with Crippen LogP contribution in [0.1, 0.15) is 18.1 Å². The lowest BCUT2D eigenvalue weighted by Gasteiger charge is -2.12. The van der Waals surface area contributed by atoms with Crippen molar-refractivity contribution in [3.63, 3.8) is 0 Å². The number of hydrogen-bond donors (Lipinski definition) is 3. The van der Waals surface area contributed by atoms with Gasteiger partial charge in [-0.3, -0.25) is 0 Å². The average Bonchev–Trinajstić information content (AvgIpc) is 2.32. The minimum Gasteiger partial charge on any atom is -0.398 e. The molecule has 0 bridgehead atoms. The summed E-state index contributed by atoms with van der Waals surface area (Å²) < 4.78 is 26.5. The van der Waals surface area contributed by atoms with Crippen LogP contribution in [0.15, 0.2) is 17.0 Å². The van der Waals surface area contributed by atoms with Crippen LogP contribution in [0.25, 0.3) is 0 Å². The molecule has 0 fully saturated rings. The lowest BCUT2D eigenvalue weighted by atomic mass is 10.1. The number of benzene rings is 1. The molecule has 18 heavy (non-hydrogen) atoms. The summed E-state index contributed by atoms with van der Waals surface area (Å²) in [6.45, 7) is 5.57. The van der Waals surface area contributed by atoms with E-state index in [0.717, 1.165) is 11.1 Å². The largest absolute Gasteiger partial charge is 0.398 e. The minimum atomic E-state index is -3.57. The van der Waals surface area contributed by atoms with Gasteiger partial charge in [0.15, 0.2) is 0 Å². The van der Waals surface area contributed by atoms with Crippen molar-refractivity contribution in [2.75, 3.05) is 18.9 Å². The molecule has 1 aromatic rings. The molecular weight excluding hydrogens is 252 g/mol. The van der Waals surface area contributed by atoms with E-state index < -0.39 is 10.0 Å². The molecule has 6 heteroatoms. The van der Waals surface area contributed by atoms with Crippen LogP contribution in [-0.4, -0.2) is 26.7 Å². The van der Waals surface area contributed by atoms with Crippen molar-refractivity contribution in [2.45, 2.75) is 25.7 Å². The van der Waals surface area contributed by atoms with E-state index in [2.05, 4.69) is 4.72 Å². The molecule has 0 radical (unpaired) electrons. The van der Waals surface area contributed by atoms with Crippen molar-refractivity contribution in [3.05, 3.63) is 23.3 Å². The van der Waals surface area contributed by atoms with Gasteiger partial charge < -0.3 is 10.8 Å². The monoisotopic (exact) mass is 272 g/mol. The van der Waals surface area contributed by atoms with Crippen LogP contribution in [0.3, 0.4) is 0 Å². The van der Waals surface area contributed by atoms with Gasteiger partial charge in [-0.1, -0.05) is 6.92 Å². The Labute approximate surface area is 108 Å². The topological polar surface area (TPSA) is 92.4 Å². The number of aliphatic hydroxyl groups is 1. The van der Waals surface area contributed by atoms with Crippen LogP contribution >= 0.6 is 0 Å². The van der Waals surface area contributed by atoms with Gasteiger partial charge in [0.05, 0.1) is 4.90 Å². The van der Waals surface area contributed by atoms with Crippen molar-refractivity contribution >= 4 is 15.7 Å². The van der Waals surface area contributed by atoms with E-state index >= 15 is 0 Å². The van der Waals surface area contributed by atoms with Crippen molar-refractivity contribution in [1.29, 1.82) is 0 Å². The van der Waals surface area contributed by atoms with Crippen molar-refractivity contribution in [3.8, 4) is 0 Å². The van der Waals surface area contributed by atoms with Gasteiger partial charge in [-0.05, 0) is 43.0 Å². The Hall–Kier alpha value is -1.11. The first-order valence-corrected chi connectivity index (χ1v) is 7.23. The van der Waals surface area contributed by atoms with E-state index in [-0.39, 0.29) is 24.0 Å².